The molecule has 0 aliphatic heterocycles. The van der Waals surface area contributed by atoms with E-state index in [0.717, 1.165) is 5.56 Å². The Kier molecular flexibility index (Phi) is 6.23. The lowest BCUT2D eigenvalue weighted by Crippen LogP contribution is -2.34. The second-order valence-electron chi connectivity index (χ2n) is 6.51. The number of hydrogen-bond donors (Lipinski definition) is 1. The van der Waals surface area contributed by atoms with Gasteiger partial charge in [0.15, 0.2) is 0 Å². The molecule has 138 valence electrons. The van der Waals surface area contributed by atoms with E-state index in [-0.39, 0.29) is 11.9 Å². The van der Waals surface area contributed by atoms with Gasteiger partial charge in [0.1, 0.15) is 11.5 Å². The topological polar surface area (TPSA) is 41.6 Å². The number of nitrogens with one attached hydrogen (secondary N) is 1. The van der Waals surface area contributed by atoms with Crippen LogP contribution in [0, 0.1) is 0 Å². The minimum absolute atomic E-state index is 0.0948. The highest BCUT2D eigenvalue weighted by molar-refractivity contribution is 5.97. The lowest BCUT2D eigenvalue weighted by molar-refractivity contribution is 0.0939. The zero-order chi connectivity index (χ0) is 19.1. The van der Waals surface area contributed by atoms with Crippen molar-refractivity contribution in [1.29, 1.82) is 0 Å². The fraction of sp³-hybridized carbons (Fsp3) is 0.174. The fourth-order valence-corrected chi connectivity index (χ4v) is 2.92. The third-order valence-electron chi connectivity index (χ3n) is 4.37. The van der Waals surface area contributed by atoms with Crippen LogP contribution in [-0.4, -0.2) is 31.4 Å². The largest absolute Gasteiger partial charge is 0.457 e. The minimum atomic E-state index is -0.149. The summed E-state index contributed by atoms with van der Waals surface area (Å²) in [4.78, 5) is 14.9. The van der Waals surface area contributed by atoms with Crippen LogP contribution in [-0.2, 0) is 0 Å². The van der Waals surface area contributed by atoms with Crippen molar-refractivity contribution >= 4 is 5.91 Å². The standard InChI is InChI=1S/C23H24N2O2/c1-25(2)21(18-11-5-3-6-12-18)17-24-23(26)20-15-9-10-16-22(20)27-19-13-7-4-8-14-19/h3-16,21H,17H2,1-2H3,(H,24,26). The third kappa shape index (κ3) is 4.96. The molecular formula is C23H24N2O2. The molecule has 1 amide bonds. The summed E-state index contributed by atoms with van der Waals surface area (Å²) in [5.41, 5.74) is 1.68. The Labute approximate surface area is 160 Å². The van der Waals surface area contributed by atoms with Gasteiger partial charge in [0.25, 0.3) is 5.91 Å². The minimum Gasteiger partial charge on any atom is -0.457 e. The summed E-state index contributed by atoms with van der Waals surface area (Å²) in [5, 5.41) is 3.04. The Hall–Kier alpha value is -3.11. The van der Waals surface area contributed by atoms with Crippen molar-refractivity contribution < 1.29 is 9.53 Å². The molecule has 0 spiro atoms. The summed E-state index contributed by atoms with van der Waals surface area (Å²) in [5.74, 6) is 1.10. The van der Waals surface area contributed by atoms with Crippen molar-refractivity contribution in [2.24, 2.45) is 0 Å². The molecule has 4 nitrogen and oxygen atoms in total. The first-order chi connectivity index (χ1) is 13.1. The SMILES string of the molecule is CN(C)C(CNC(=O)c1ccccc1Oc1ccccc1)c1ccccc1. The van der Waals surface area contributed by atoms with E-state index in [1.54, 1.807) is 6.07 Å². The maximum Gasteiger partial charge on any atom is 0.255 e. The molecule has 0 aromatic heterocycles. The summed E-state index contributed by atoms with van der Waals surface area (Å²) in [6.07, 6.45) is 0. The van der Waals surface area contributed by atoms with Gasteiger partial charge >= 0.3 is 0 Å². The molecule has 0 aliphatic rings. The summed E-state index contributed by atoms with van der Waals surface area (Å²) >= 11 is 0. The Bertz CT molecular complexity index is 864. The van der Waals surface area contributed by atoms with Gasteiger partial charge in [0.2, 0.25) is 0 Å². The fourth-order valence-electron chi connectivity index (χ4n) is 2.92. The van der Waals surface area contributed by atoms with Gasteiger partial charge in [-0.15, -0.1) is 0 Å². The van der Waals surface area contributed by atoms with E-state index in [4.69, 9.17) is 4.74 Å². The molecule has 4 heteroatoms. The molecule has 0 bridgehead atoms. The van der Waals surface area contributed by atoms with E-state index in [1.807, 2.05) is 80.8 Å². The summed E-state index contributed by atoms with van der Waals surface area (Å²) in [7, 11) is 4.02. The number of amides is 1. The normalized spacial score (nSPS) is 11.8. The van der Waals surface area contributed by atoms with Crippen molar-refractivity contribution in [2.45, 2.75) is 6.04 Å². The zero-order valence-corrected chi connectivity index (χ0v) is 15.6. The predicted molar refractivity (Wildman–Crippen MR) is 108 cm³/mol. The van der Waals surface area contributed by atoms with Crippen molar-refractivity contribution in [3.8, 4) is 11.5 Å². The van der Waals surface area contributed by atoms with Gasteiger partial charge in [-0.05, 0) is 43.9 Å². The molecule has 0 heterocycles. The first-order valence-corrected chi connectivity index (χ1v) is 8.96. The van der Waals surface area contributed by atoms with Gasteiger partial charge < -0.3 is 15.0 Å². The Morgan fingerprint density at radius 2 is 1.48 bits per heavy atom. The summed E-state index contributed by atoms with van der Waals surface area (Å²) in [6.45, 7) is 0.509. The van der Waals surface area contributed by atoms with Gasteiger partial charge in [-0.3, -0.25) is 4.79 Å². The van der Waals surface area contributed by atoms with Gasteiger partial charge in [0.05, 0.1) is 11.6 Å². The predicted octanol–water partition coefficient (Wildman–Crippen LogP) is 4.51. The second-order valence-corrected chi connectivity index (χ2v) is 6.51. The molecule has 3 aromatic carbocycles. The molecule has 0 aliphatic carbocycles. The molecule has 1 N–H and O–H groups in total. The monoisotopic (exact) mass is 360 g/mol. The van der Waals surface area contributed by atoms with Crippen LogP contribution in [0.15, 0.2) is 84.9 Å². The van der Waals surface area contributed by atoms with E-state index in [2.05, 4.69) is 22.3 Å². The number of likely N-dealkylation sites (N-methyl/N-ethyl adjacent to an activating group) is 1. The number of ether oxygens (including phenoxy) is 1. The maximum atomic E-state index is 12.8. The molecule has 0 saturated heterocycles. The smallest absolute Gasteiger partial charge is 0.255 e. The molecule has 1 atom stereocenters. The molecule has 3 aromatic rings. The summed E-state index contributed by atoms with van der Waals surface area (Å²) in [6, 6.07) is 27.0. The Morgan fingerprint density at radius 1 is 0.889 bits per heavy atom. The number of carbonyl (C=O) groups is 1. The molecule has 0 radical (unpaired) electrons. The molecule has 0 saturated carbocycles. The van der Waals surface area contributed by atoms with E-state index in [0.29, 0.717) is 23.6 Å². The highest BCUT2D eigenvalue weighted by Gasteiger charge is 2.17. The van der Waals surface area contributed by atoms with Crippen LogP contribution in [0.3, 0.4) is 0 Å². The Balaban J connectivity index is 1.72. The number of rotatable bonds is 7. The third-order valence-corrected chi connectivity index (χ3v) is 4.37. The molecular weight excluding hydrogens is 336 g/mol. The first-order valence-electron chi connectivity index (χ1n) is 8.96. The van der Waals surface area contributed by atoms with E-state index in [1.165, 1.54) is 0 Å². The number of para-hydroxylation sites is 2. The maximum absolute atomic E-state index is 12.8. The van der Waals surface area contributed by atoms with Gasteiger partial charge in [0, 0.05) is 6.54 Å². The van der Waals surface area contributed by atoms with Crippen LogP contribution in [0.25, 0.3) is 0 Å². The van der Waals surface area contributed by atoms with Crippen molar-refractivity contribution in [1.82, 2.24) is 10.2 Å². The highest BCUT2D eigenvalue weighted by atomic mass is 16.5. The van der Waals surface area contributed by atoms with Crippen molar-refractivity contribution in [2.75, 3.05) is 20.6 Å². The molecule has 3 rings (SSSR count). The van der Waals surface area contributed by atoms with Crippen LogP contribution in [0.2, 0.25) is 0 Å². The van der Waals surface area contributed by atoms with E-state index in [9.17, 15) is 4.79 Å². The van der Waals surface area contributed by atoms with Crippen LogP contribution in [0.5, 0.6) is 11.5 Å². The first kappa shape index (κ1) is 18.7. The van der Waals surface area contributed by atoms with Gasteiger partial charge in [-0.1, -0.05) is 60.7 Å². The van der Waals surface area contributed by atoms with Gasteiger partial charge in [-0.25, -0.2) is 0 Å². The van der Waals surface area contributed by atoms with Crippen molar-refractivity contribution in [3.63, 3.8) is 0 Å². The van der Waals surface area contributed by atoms with Crippen LogP contribution >= 0.6 is 0 Å². The van der Waals surface area contributed by atoms with E-state index >= 15 is 0 Å². The Morgan fingerprint density at radius 3 is 2.15 bits per heavy atom. The van der Waals surface area contributed by atoms with Crippen LogP contribution < -0.4 is 10.1 Å². The van der Waals surface area contributed by atoms with E-state index < -0.39 is 0 Å². The number of nitrogens with zero attached hydrogens (tertiary/aromatic N) is 1. The quantitative estimate of drug-likeness (QED) is 0.674. The molecule has 27 heavy (non-hydrogen) atoms. The molecule has 1 unspecified atom stereocenters. The number of hydrogen-bond acceptors (Lipinski definition) is 3. The van der Waals surface area contributed by atoms with Gasteiger partial charge in [-0.2, -0.15) is 0 Å². The highest BCUT2D eigenvalue weighted by Crippen LogP contribution is 2.25. The average Bonchev–Trinajstić information content (AvgIpc) is 2.70. The van der Waals surface area contributed by atoms with Crippen LogP contribution in [0.4, 0.5) is 0 Å². The molecule has 0 fully saturated rings. The second kappa shape index (κ2) is 9.01. The van der Waals surface area contributed by atoms with Crippen LogP contribution in [0.1, 0.15) is 22.0 Å². The lowest BCUT2D eigenvalue weighted by atomic mass is 10.1. The number of carbonyl (C=O) groups excluding carboxylic acids is 1. The van der Waals surface area contributed by atoms with Crippen molar-refractivity contribution in [3.05, 3.63) is 96.1 Å². The average molecular weight is 360 g/mol. The number of benzene rings is 3. The summed E-state index contributed by atoms with van der Waals surface area (Å²) < 4.78 is 5.90. The lowest BCUT2D eigenvalue weighted by Gasteiger charge is -2.25. The zero-order valence-electron chi connectivity index (χ0n) is 15.6.